The summed E-state index contributed by atoms with van der Waals surface area (Å²) < 4.78 is 5.10. The number of nitrogens with one attached hydrogen (secondary N) is 1. The van der Waals surface area contributed by atoms with Gasteiger partial charge in [-0.3, -0.25) is 10.3 Å². The molecule has 0 saturated carbocycles. The molecule has 1 rings (SSSR count). The highest BCUT2D eigenvalue weighted by atomic mass is 16.6. The number of hydrogen-bond donors (Lipinski definition) is 2. The lowest BCUT2D eigenvalue weighted by Crippen LogP contribution is -2.02. The number of ether oxygens (including phenoxy) is 1. The summed E-state index contributed by atoms with van der Waals surface area (Å²) in [6, 6.07) is 5.32. The number of nitrogens with two attached hydrogens (primary N) is 1. The molecule has 13 heavy (non-hydrogen) atoms. The predicted octanol–water partition coefficient (Wildman–Crippen LogP) is 1.64. The SMILES string of the molecule is CCONc1cc(N)ccc1OC. The zero-order chi connectivity index (χ0) is 9.68. The minimum absolute atomic E-state index is 0.581. The van der Waals surface area contributed by atoms with Gasteiger partial charge >= 0.3 is 0 Å². The maximum absolute atomic E-state index is 5.60. The summed E-state index contributed by atoms with van der Waals surface area (Å²) in [7, 11) is 1.60. The van der Waals surface area contributed by atoms with Crippen LogP contribution in [-0.4, -0.2) is 13.7 Å². The van der Waals surface area contributed by atoms with Crippen LogP contribution in [0.5, 0.6) is 5.75 Å². The Kier molecular flexibility index (Phi) is 3.40. The molecule has 72 valence electrons. The van der Waals surface area contributed by atoms with Crippen LogP contribution in [-0.2, 0) is 4.84 Å². The van der Waals surface area contributed by atoms with Crippen LogP contribution in [0.4, 0.5) is 11.4 Å². The van der Waals surface area contributed by atoms with E-state index in [0.29, 0.717) is 18.0 Å². The standard InChI is InChI=1S/C9H14N2O2/c1-3-13-11-8-6-7(10)4-5-9(8)12-2/h4-6,11H,3,10H2,1-2H3. The van der Waals surface area contributed by atoms with E-state index in [1.165, 1.54) is 0 Å². The molecule has 0 heterocycles. The first-order valence-electron chi connectivity index (χ1n) is 4.09. The van der Waals surface area contributed by atoms with Gasteiger partial charge in [0.15, 0.2) is 0 Å². The van der Waals surface area contributed by atoms with Crippen molar-refractivity contribution < 1.29 is 9.57 Å². The average molecular weight is 182 g/mol. The summed E-state index contributed by atoms with van der Waals surface area (Å²) in [6.07, 6.45) is 0. The molecular formula is C9H14N2O2. The zero-order valence-corrected chi connectivity index (χ0v) is 7.83. The van der Waals surface area contributed by atoms with Crippen molar-refractivity contribution in [2.75, 3.05) is 24.9 Å². The molecule has 1 aromatic carbocycles. The Bertz CT molecular complexity index is 276. The maximum atomic E-state index is 5.60. The first-order chi connectivity index (χ1) is 6.27. The molecule has 0 aromatic heterocycles. The second-order valence-corrected chi connectivity index (χ2v) is 2.49. The summed E-state index contributed by atoms with van der Waals surface area (Å²) in [6.45, 7) is 2.48. The first kappa shape index (κ1) is 9.67. The van der Waals surface area contributed by atoms with Crippen molar-refractivity contribution >= 4 is 11.4 Å². The minimum Gasteiger partial charge on any atom is -0.495 e. The molecule has 0 bridgehead atoms. The van der Waals surface area contributed by atoms with E-state index in [0.717, 1.165) is 5.69 Å². The topological polar surface area (TPSA) is 56.5 Å². The van der Waals surface area contributed by atoms with Crippen LogP contribution in [0.25, 0.3) is 0 Å². The predicted molar refractivity (Wildman–Crippen MR) is 52.7 cm³/mol. The second kappa shape index (κ2) is 4.57. The van der Waals surface area contributed by atoms with Crippen molar-refractivity contribution in [2.24, 2.45) is 0 Å². The van der Waals surface area contributed by atoms with E-state index in [-0.39, 0.29) is 0 Å². The number of nitrogen functional groups attached to an aromatic ring is 1. The van der Waals surface area contributed by atoms with E-state index in [1.807, 2.05) is 6.92 Å². The summed E-state index contributed by atoms with van der Waals surface area (Å²) in [4.78, 5) is 5.03. The lowest BCUT2D eigenvalue weighted by Gasteiger charge is -2.10. The molecule has 1 aromatic rings. The summed E-state index contributed by atoms with van der Waals surface area (Å²) in [5, 5.41) is 0. The molecule has 0 radical (unpaired) electrons. The Morgan fingerprint density at radius 2 is 2.23 bits per heavy atom. The van der Waals surface area contributed by atoms with E-state index >= 15 is 0 Å². The molecule has 0 aliphatic rings. The lowest BCUT2D eigenvalue weighted by molar-refractivity contribution is 0.209. The van der Waals surface area contributed by atoms with E-state index < -0.39 is 0 Å². The highest BCUT2D eigenvalue weighted by Gasteiger charge is 2.01. The van der Waals surface area contributed by atoms with Crippen LogP contribution < -0.4 is 16.0 Å². The third kappa shape index (κ3) is 2.52. The first-order valence-corrected chi connectivity index (χ1v) is 4.09. The third-order valence-electron chi connectivity index (χ3n) is 1.55. The highest BCUT2D eigenvalue weighted by molar-refractivity contribution is 5.62. The molecule has 0 aliphatic carbocycles. The molecule has 0 atom stereocenters. The monoisotopic (exact) mass is 182 g/mol. The van der Waals surface area contributed by atoms with Gasteiger partial charge in [0.1, 0.15) is 11.4 Å². The van der Waals surface area contributed by atoms with Crippen LogP contribution >= 0.6 is 0 Å². The molecule has 0 spiro atoms. The molecule has 0 fully saturated rings. The van der Waals surface area contributed by atoms with Crippen LogP contribution in [0, 0.1) is 0 Å². The fourth-order valence-electron chi connectivity index (χ4n) is 0.955. The largest absolute Gasteiger partial charge is 0.495 e. The minimum atomic E-state index is 0.581. The normalized spacial score (nSPS) is 9.69. The van der Waals surface area contributed by atoms with Gasteiger partial charge in [-0.05, 0) is 25.1 Å². The Balaban J connectivity index is 2.81. The smallest absolute Gasteiger partial charge is 0.144 e. The van der Waals surface area contributed by atoms with Crippen molar-refractivity contribution in [1.82, 2.24) is 0 Å². The van der Waals surface area contributed by atoms with E-state index in [4.69, 9.17) is 15.3 Å². The van der Waals surface area contributed by atoms with Gasteiger partial charge in [-0.1, -0.05) is 0 Å². The molecule has 0 saturated heterocycles. The van der Waals surface area contributed by atoms with Crippen molar-refractivity contribution in [3.05, 3.63) is 18.2 Å². The van der Waals surface area contributed by atoms with E-state index in [2.05, 4.69) is 5.48 Å². The molecule has 4 heteroatoms. The summed E-state index contributed by atoms with van der Waals surface area (Å²) >= 11 is 0. The van der Waals surface area contributed by atoms with Crippen molar-refractivity contribution in [2.45, 2.75) is 6.92 Å². The zero-order valence-electron chi connectivity index (χ0n) is 7.83. The fourth-order valence-corrected chi connectivity index (χ4v) is 0.955. The fraction of sp³-hybridized carbons (Fsp3) is 0.333. The molecule has 0 aliphatic heterocycles. The molecule has 0 amide bonds. The third-order valence-corrected chi connectivity index (χ3v) is 1.55. The van der Waals surface area contributed by atoms with Crippen LogP contribution in [0.2, 0.25) is 0 Å². The Morgan fingerprint density at radius 1 is 1.46 bits per heavy atom. The van der Waals surface area contributed by atoms with Crippen LogP contribution in [0.15, 0.2) is 18.2 Å². The van der Waals surface area contributed by atoms with Crippen LogP contribution in [0.3, 0.4) is 0 Å². The molecule has 4 nitrogen and oxygen atoms in total. The van der Waals surface area contributed by atoms with Gasteiger partial charge < -0.3 is 10.5 Å². The summed E-state index contributed by atoms with van der Waals surface area (Å²) in [5.41, 5.74) is 9.76. The Labute approximate surface area is 77.6 Å². The van der Waals surface area contributed by atoms with Gasteiger partial charge in [-0.15, -0.1) is 0 Å². The van der Waals surface area contributed by atoms with Gasteiger partial charge in [0.2, 0.25) is 0 Å². The van der Waals surface area contributed by atoms with Crippen molar-refractivity contribution in [3.63, 3.8) is 0 Å². The number of methoxy groups -OCH3 is 1. The van der Waals surface area contributed by atoms with Crippen molar-refractivity contribution in [3.8, 4) is 5.75 Å². The van der Waals surface area contributed by atoms with Crippen molar-refractivity contribution in [1.29, 1.82) is 0 Å². The number of hydrogen-bond acceptors (Lipinski definition) is 4. The highest BCUT2D eigenvalue weighted by Crippen LogP contribution is 2.26. The second-order valence-electron chi connectivity index (χ2n) is 2.49. The lowest BCUT2D eigenvalue weighted by atomic mass is 10.2. The van der Waals surface area contributed by atoms with Gasteiger partial charge in [0, 0.05) is 5.69 Å². The van der Waals surface area contributed by atoms with Gasteiger partial charge in [0.25, 0.3) is 0 Å². The molecule has 0 unspecified atom stereocenters. The molecular weight excluding hydrogens is 168 g/mol. The Hall–Kier alpha value is -1.42. The average Bonchev–Trinajstić information content (AvgIpc) is 2.15. The number of rotatable bonds is 4. The van der Waals surface area contributed by atoms with Crippen LogP contribution in [0.1, 0.15) is 6.92 Å². The number of benzene rings is 1. The van der Waals surface area contributed by atoms with Gasteiger partial charge in [-0.2, -0.15) is 0 Å². The van der Waals surface area contributed by atoms with Gasteiger partial charge in [0.05, 0.1) is 13.7 Å². The quantitative estimate of drug-likeness (QED) is 0.549. The van der Waals surface area contributed by atoms with E-state index in [9.17, 15) is 0 Å². The maximum Gasteiger partial charge on any atom is 0.144 e. The Morgan fingerprint density at radius 3 is 2.85 bits per heavy atom. The van der Waals surface area contributed by atoms with E-state index in [1.54, 1.807) is 25.3 Å². The summed E-state index contributed by atoms with van der Waals surface area (Å²) in [5.74, 6) is 0.711. The molecule has 3 N–H and O–H groups in total. The number of anilines is 2. The van der Waals surface area contributed by atoms with Gasteiger partial charge in [-0.25, -0.2) is 0 Å².